The second-order valence-electron chi connectivity index (χ2n) is 9.50. The maximum Gasteiger partial charge on any atom is 0.278 e. The smallest absolute Gasteiger partial charge is 0.278 e. The zero-order valence-corrected chi connectivity index (χ0v) is 20.4. The average molecular weight is 454 g/mol. The van der Waals surface area contributed by atoms with Crippen LogP contribution in [0.2, 0.25) is 0 Å². The van der Waals surface area contributed by atoms with E-state index in [0.717, 1.165) is 76.1 Å². The van der Waals surface area contributed by atoms with Gasteiger partial charge in [-0.25, -0.2) is 0 Å². The summed E-state index contributed by atoms with van der Waals surface area (Å²) in [5.41, 5.74) is 2.01. The summed E-state index contributed by atoms with van der Waals surface area (Å²) in [6.45, 7) is 9.33. The molecular weight excluding hydrogens is 414 g/mol. The molecule has 0 spiro atoms. The predicted molar refractivity (Wildman–Crippen MR) is 131 cm³/mol. The number of nitrogens with zero attached hydrogens (tertiary/aromatic N) is 3. The molecule has 2 amide bonds. The maximum atomic E-state index is 13.8. The highest BCUT2D eigenvalue weighted by atomic mass is 16.5. The third kappa shape index (κ3) is 5.26. The van der Waals surface area contributed by atoms with Crippen molar-refractivity contribution in [2.24, 2.45) is 0 Å². The molecule has 1 aliphatic carbocycles. The molecule has 33 heavy (non-hydrogen) atoms. The first kappa shape index (κ1) is 23.8. The number of imide groups is 1. The van der Waals surface area contributed by atoms with E-state index in [-0.39, 0.29) is 17.9 Å². The van der Waals surface area contributed by atoms with Gasteiger partial charge < -0.3 is 14.5 Å². The summed E-state index contributed by atoms with van der Waals surface area (Å²) < 4.78 is 5.74. The van der Waals surface area contributed by atoms with Crippen LogP contribution < -0.4 is 4.74 Å². The van der Waals surface area contributed by atoms with Gasteiger partial charge in [-0.1, -0.05) is 58.1 Å². The van der Waals surface area contributed by atoms with Crippen LogP contribution in [-0.2, 0) is 9.59 Å². The molecule has 0 bridgehead atoms. The first-order valence-corrected chi connectivity index (χ1v) is 13.0. The number of hydrogen-bond acceptors (Lipinski definition) is 5. The van der Waals surface area contributed by atoms with E-state index in [0.29, 0.717) is 17.9 Å². The van der Waals surface area contributed by atoms with Crippen LogP contribution >= 0.6 is 0 Å². The quantitative estimate of drug-likeness (QED) is 0.576. The van der Waals surface area contributed by atoms with Crippen LogP contribution in [0.25, 0.3) is 5.57 Å². The third-order valence-electron chi connectivity index (χ3n) is 7.28. The molecule has 1 saturated carbocycles. The van der Waals surface area contributed by atoms with Gasteiger partial charge in [0.25, 0.3) is 11.8 Å². The minimum atomic E-state index is -0.110. The lowest BCUT2D eigenvalue weighted by atomic mass is 9.95. The fraction of sp³-hybridized carbons (Fsp3) is 0.630. The molecule has 6 heteroatoms. The maximum absolute atomic E-state index is 13.8. The van der Waals surface area contributed by atoms with Crippen LogP contribution in [0.5, 0.6) is 5.75 Å². The van der Waals surface area contributed by atoms with E-state index < -0.39 is 0 Å². The molecule has 1 aromatic rings. The standard InChI is InChI=1S/C27H39N3O3/c1-3-20-33-23-14-12-21(13-15-23)24-25(29-18-16-28(4-2)17-19-29)27(32)30(26(24)31)22-10-8-6-5-7-9-11-22/h12-15,22H,3-11,16-20H2,1-2H3. The second-order valence-corrected chi connectivity index (χ2v) is 9.50. The van der Waals surface area contributed by atoms with Gasteiger partial charge in [-0.3, -0.25) is 14.5 Å². The van der Waals surface area contributed by atoms with Crippen LogP contribution in [0.4, 0.5) is 0 Å². The molecule has 2 aliphatic heterocycles. The van der Waals surface area contributed by atoms with Crippen molar-refractivity contribution in [1.29, 1.82) is 0 Å². The third-order valence-corrected chi connectivity index (χ3v) is 7.28. The van der Waals surface area contributed by atoms with Crippen molar-refractivity contribution in [3.8, 4) is 5.75 Å². The Hall–Kier alpha value is -2.34. The van der Waals surface area contributed by atoms with Gasteiger partial charge in [-0.05, 0) is 43.5 Å². The Bertz CT molecular complexity index is 848. The Labute approximate surface area is 198 Å². The molecule has 1 saturated heterocycles. The molecule has 0 radical (unpaired) electrons. The van der Waals surface area contributed by atoms with E-state index in [1.54, 1.807) is 4.90 Å². The molecule has 0 atom stereocenters. The summed E-state index contributed by atoms with van der Waals surface area (Å²) in [6, 6.07) is 7.73. The molecular formula is C27H39N3O3. The number of carbonyl (C=O) groups excluding carboxylic acids is 2. The summed E-state index contributed by atoms with van der Waals surface area (Å²) in [7, 11) is 0. The number of carbonyl (C=O) groups is 2. The van der Waals surface area contributed by atoms with E-state index >= 15 is 0 Å². The first-order valence-electron chi connectivity index (χ1n) is 13.0. The Morgan fingerprint density at radius 2 is 1.48 bits per heavy atom. The number of rotatable bonds is 7. The molecule has 180 valence electrons. The monoisotopic (exact) mass is 453 g/mol. The number of piperazine rings is 1. The van der Waals surface area contributed by atoms with Crippen LogP contribution in [0.3, 0.4) is 0 Å². The van der Waals surface area contributed by atoms with Crippen LogP contribution in [-0.4, -0.2) is 71.9 Å². The van der Waals surface area contributed by atoms with Gasteiger partial charge in [-0.15, -0.1) is 0 Å². The summed E-state index contributed by atoms with van der Waals surface area (Å²) in [5.74, 6) is 0.602. The molecule has 6 nitrogen and oxygen atoms in total. The van der Waals surface area contributed by atoms with Gasteiger partial charge in [0.2, 0.25) is 0 Å². The van der Waals surface area contributed by atoms with E-state index in [1.165, 1.54) is 19.3 Å². The highest BCUT2D eigenvalue weighted by molar-refractivity contribution is 6.35. The molecule has 1 aromatic carbocycles. The van der Waals surface area contributed by atoms with Gasteiger partial charge in [0.1, 0.15) is 11.4 Å². The van der Waals surface area contributed by atoms with Crippen molar-refractivity contribution in [3.05, 3.63) is 35.5 Å². The van der Waals surface area contributed by atoms with Crippen LogP contribution in [0, 0.1) is 0 Å². The van der Waals surface area contributed by atoms with E-state index in [1.807, 2.05) is 24.3 Å². The summed E-state index contributed by atoms with van der Waals surface area (Å²) in [6.07, 6.45) is 8.62. The number of hydrogen-bond donors (Lipinski definition) is 0. The van der Waals surface area contributed by atoms with Crippen molar-refractivity contribution < 1.29 is 14.3 Å². The molecule has 2 fully saturated rings. The fourth-order valence-electron chi connectivity index (χ4n) is 5.34. The summed E-state index contributed by atoms with van der Waals surface area (Å²) in [5, 5.41) is 0. The van der Waals surface area contributed by atoms with Crippen molar-refractivity contribution in [3.63, 3.8) is 0 Å². The molecule has 0 aromatic heterocycles. The van der Waals surface area contributed by atoms with Gasteiger partial charge in [0.15, 0.2) is 0 Å². The molecule has 0 N–H and O–H groups in total. The number of amides is 2. The van der Waals surface area contributed by atoms with E-state index in [9.17, 15) is 9.59 Å². The van der Waals surface area contributed by atoms with Crippen LogP contribution in [0.1, 0.15) is 70.8 Å². The summed E-state index contributed by atoms with van der Waals surface area (Å²) in [4.78, 5) is 33.8. The second kappa shape index (κ2) is 11.2. The number of benzene rings is 1. The molecule has 2 heterocycles. The van der Waals surface area contributed by atoms with Gasteiger partial charge in [0, 0.05) is 32.2 Å². The average Bonchev–Trinajstić information content (AvgIpc) is 3.08. The van der Waals surface area contributed by atoms with Crippen molar-refractivity contribution >= 4 is 17.4 Å². The zero-order chi connectivity index (χ0) is 23.2. The molecule has 3 aliphatic rings. The lowest BCUT2D eigenvalue weighted by molar-refractivity contribution is -0.140. The summed E-state index contributed by atoms with van der Waals surface area (Å²) >= 11 is 0. The van der Waals surface area contributed by atoms with Gasteiger partial charge in [-0.2, -0.15) is 0 Å². The molecule has 0 unspecified atom stereocenters. The largest absolute Gasteiger partial charge is 0.494 e. The SMILES string of the molecule is CCCOc1ccc(C2=C(N3CCN(CC)CC3)C(=O)N(C3CCCCCCC3)C2=O)cc1. The zero-order valence-electron chi connectivity index (χ0n) is 20.4. The van der Waals surface area contributed by atoms with Crippen molar-refractivity contribution in [1.82, 2.24) is 14.7 Å². The normalized spacial score (nSPS) is 21.5. The van der Waals surface area contributed by atoms with Crippen molar-refractivity contribution in [2.75, 3.05) is 39.3 Å². The first-order chi connectivity index (χ1) is 16.1. The lowest BCUT2D eigenvalue weighted by Crippen LogP contribution is -2.48. The predicted octanol–water partition coefficient (Wildman–Crippen LogP) is 4.31. The number of likely N-dealkylation sites (N-methyl/N-ethyl adjacent to an activating group) is 1. The Morgan fingerprint density at radius 3 is 2.09 bits per heavy atom. The molecule has 4 rings (SSSR count). The van der Waals surface area contributed by atoms with Gasteiger partial charge in [0.05, 0.1) is 12.2 Å². The van der Waals surface area contributed by atoms with Crippen LogP contribution in [0.15, 0.2) is 30.0 Å². The van der Waals surface area contributed by atoms with Crippen molar-refractivity contribution in [2.45, 2.75) is 71.3 Å². The highest BCUT2D eigenvalue weighted by Gasteiger charge is 2.45. The van der Waals surface area contributed by atoms with E-state index in [2.05, 4.69) is 23.6 Å². The Kier molecular flexibility index (Phi) is 8.07. The Balaban J connectivity index is 1.65. The fourth-order valence-corrected chi connectivity index (χ4v) is 5.34. The van der Waals surface area contributed by atoms with Gasteiger partial charge >= 0.3 is 0 Å². The topological polar surface area (TPSA) is 53.1 Å². The highest BCUT2D eigenvalue weighted by Crippen LogP contribution is 2.36. The lowest BCUT2D eigenvalue weighted by Gasteiger charge is -2.36. The minimum absolute atomic E-state index is 0.0156. The Morgan fingerprint density at radius 1 is 0.848 bits per heavy atom. The minimum Gasteiger partial charge on any atom is -0.494 e. The van der Waals surface area contributed by atoms with E-state index in [4.69, 9.17) is 4.74 Å². The number of ether oxygens (including phenoxy) is 1.